The maximum atomic E-state index is 10.5. The second kappa shape index (κ2) is 2.40. The Morgan fingerprint density at radius 2 is 2.44 bits per heavy atom. The van der Waals surface area contributed by atoms with Crippen LogP contribution in [0.4, 0.5) is 0 Å². The molecule has 0 spiro atoms. The molecule has 0 saturated heterocycles. The van der Waals surface area contributed by atoms with Gasteiger partial charge >= 0.3 is 0 Å². The molecule has 1 rings (SSSR count). The monoisotopic (exact) mass is 146 g/mol. The van der Waals surface area contributed by atoms with Crippen LogP contribution < -0.4 is 0 Å². The van der Waals surface area contributed by atoms with E-state index in [4.69, 9.17) is 16.3 Å². The molecule has 1 heterocycles. The van der Waals surface area contributed by atoms with Crippen LogP contribution in [0.3, 0.4) is 0 Å². The van der Waals surface area contributed by atoms with Gasteiger partial charge in [0.1, 0.15) is 6.10 Å². The van der Waals surface area contributed by atoms with E-state index in [1.165, 1.54) is 6.26 Å². The van der Waals surface area contributed by atoms with Crippen molar-refractivity contribution in [2.45, 2.75) is 13.0 Å². The van der Waals surface area contributed by atoms with E-state index in [1.54, 1.807) is 6.08 Å². The maximum Gasteiger partial charge on any atom is 0.232 e. The molecule has 50 valence electrons. The standard InChI is InChI=1S/C6H7ClO2/c1-4-5(6(7)8)2-3-9-4/h2-5H,1H3. The summed E-state index contributed by atoms with van der Waals surface area (Å²) in [6.07, 6.45) is 3.09. The fraction of sp³-hybridized carbons (Fsp3) is 0.500. The van der Waals surface area contributed by atoms with Crippen molar-refractivity contribution >= 4 is 16.8 Å². The van der Waals surface area contributed by atoms with Gasteiger partial charge in [0.25, 0.3) is 0 Å². The smallest absolute Gasteiger partial charge is 0.232 e. The Morgan fingerprint density at radius 3 is 2.67 bits per heavy atom. The minimum atomic E-state index is -0.351. The van der Waals surface area contributed by atoms with Crippen molar-refractivity contribution in [1.29, 1.82) is 0 Å². The van der Waals surface area contributed by atoms with Crippen molar-refractivity contribution in [3.63, 3.8) is 0 Å². The minimum absolute atomic E-state index is 0.0880. The van der Waals surface area contributed by atoms with Gasteiger partial charge in [-0.25, -0.2) is 0 Å². The number of hydrogen-bond donors (Lipinski definition) is 0. The highest BCUT2D eigenvalue weighted by atomic mass is 35.5. The van der Waals surface area contributed by atoms with Crippen molar-refractivity contribution < 1.29 is 9.53 Å². The Morgan fingerprint density at radius 1 is 1.78 bits per heavy atom. The molecular weight excluding hydrogens is 140 g/mol. The minimum Gasteiger partial charge on any atom is -0.497 e. The van der Waals surface area contributed by atoms with Gasteiger partial charge in [-0.15, -0.1) is 0 Å². The van der Waals surface area contributed by atoms with Gasteiger partial charge in [-0.05, 0) is 24.6 Å². The second-order valence-corrected chi connectivity index (χ2v) is 2.37. The molecule has 0 aliphatic carbocycles. The molecule has 0 N–H and O–H groups in total. The largest absolute Gasteiger partial charge is 0.497 e. The molecule has 3 heteroatoms. The first-order valence-electron chi connectivity index (χ1n) is 2.73. The molecule has 2 atom stereocenters. The van der Waals surface area contributed by atoms with Crippen LogP contribution in [0.25, 0.3) is 0 Å². The van der Waals surface area contributed by atoms with Crippen molar-refractivity contribution in [3.8, 4) is 0 Å². The molecule has 1 aliphatic rings. The average Bonchev–Trinajstić information content (AvgIpc) is 2.13. The van der Waals surface area contributed by atoms with Gasteiger partial charge < -0.3 is 4.74 Å². The van der Waals surface area contributed by atoms with Crippen molar-refractivity contribution in [2.75, 3.05) is 0 Å². The van der Waals surface area contributed by atoms with E-state index >= 15 is 0 Å². The first-order chi connectivity index (χ1) is 4.22. The topological polar surface area (TPSA) is 26.3 Å². The first-order valence-corrected chi connectivity index (χ1v) is 3.11. The van der Waals surface area contributed by atoms with Crippen molar-refractivity contribution in [3.05, 3.63) is 12.3 Å². The maximum absolute atomic E-state index is 10.5. The van der Waals surface area contributed by atoms with Crippen LogP contribution in [0, 0.1) is 5.92 Å². The lowest BCUT2D eigenvalue weighted by Crippen LogP contribution is -2.17. The lowest BCUT2D eigenvalue weighted by molar-refractivity contribution is -0.115. The molecule has 0 saturated carbocycles. The fourth-order valence-electron chi connectivity index (χ4n) is 0.755. The van der Waals surface area contributed by atoms with Crippen molar-refractivity contribution in [1.82, 2.24) is 0 Å². The van der Waals surface area contributed by atoms with Gasteiger partial charge in [-0.1, -0.05) is 0 Å². The zero-order valence-electron chi connectivity index (χ0n) is 5.00. The van der Waals surface area contributed by atoms with Gasteiger partial charge in [-0.3, -0.25) is 4.79 Å². The Balaban J connectivity index is 2.59. The van der Waals surface area contributed by atoms with Gasteiger partial charge in [-0.2, -0.15) is 0 Å². The number of rotatable bonds is 1. The van der Waals surface area contributed by atoms with Crippen LogP contribution in [-0.2, 0) is 9.53 Å². The summed E-state index contributed by atoms with van der Waals surface area (Å²) in [6, 6.07) is 0. The lowest BCUT2D eigenvalue weighted by Gasteiger charge is -2.07. The molecule has 2 unspecified atom stereocenters. The van der Waals surface area contributed by atoms with E-state index in [1.807, 2.05) is 6.92 Å². The van der Waals surface area contributed by atoms with Crippen LogP contribution in [0.2, 0.25) is 0 Å². The predicted molar refractivity (Wildman–Crippen MR) is 34.0 cm³/mol. The molecule has 2 nitrogen and oxygen atoms in total. The Kier molecular flexibility index (Phi) is 1.76. The Bertz CT molecular complexity index is 153. The van der Waals surface area contributed by atoms with E-state index in [-0.39, 0.29) is 17.3 Å². The summed E-state index contributed by atoms with van der Waals surface area (Å²) in [6.45, 7) is 1.81. The highest BCUT2D eigenvalue weighted by molar-refractivity contribution is 6.64. The Labute approximate surface area is 58.4 Å². The fourth-order valence-corrected chi connectivity index (χ4v) is 1.01. The van der Waals surface area contributed by atoms with E-state index in [0.717, 1.165) is 0 Å². The third-order valence-electron chi connectivity index (χ3n) is 1.35. The summed E-state index contributed by atoms with van der Waals surface area (Å²) in [5.41, 5.74) is 0. The lowest BCUT2D eigenvalue weighted by atomic mass is 10.1. The summed E-state index contributed by atoms with van der Waals surface area (Å²) in [5.74, 6) is -0.244. The zero-order valence-corrected chi connectivity index (χ0v) is 5.76. The molecule has 1 aliphatic heterocycles. The molecule has 0 aromatic carbocycles. The highest BCUT2D eigenvalue weighted by Gasteiger charge is 2.25. The quantitative estimate of drug-likeness (QED) is 0.522. The van der Waals surface area contributed by atoms with Gasteiger partial charge in [0, 0.05) is 0 Å². The Hall–Kier alpha value is -0.500. The summed E-state index contributed by atoms with van der Waals surface area (Å²) in [5, 5.41) is -0.351. The van der Waals surface area contributed by atoms with Crippen LogP contribution >= 0.6 is 11.6 Å². The third kappa shape index (κ3) is 1.24. The van der Waals surface area contributed by atoms with E-state index < -0.39 is 0 Å². The molecule has 0 radical (unpaired) electrons. The number of carbonyl (C=O) groups excluding carboxylic acids is 1. The summed E-state index contributed by atoms with van der Waals surface area (Å²) in [4.78, 5) is 10.5. The molecule has 0 aromatic rings. The molecule has 0 fully saturated rings. The van der Waals surface area contributed by atoms with Crippen LogP contribution in [0.1, 0.15) is 6.92 Å². The summed E-state index contributed by atoms with van der Waals surface area (Å²) in [7, 11) is 0. The molecule has 0 amide bonds. The normalized spacial score (nSPS) is 32.2. The van der Waals surface area contributed by atoms with Crippen molar-refractivity contribution in [2.24, 2.45) is 5.92 Å². The highest BCUT2D eigenvalue weighted by Crippen LogP contribution is 2.18. The van der Waals surface area contributed by atoms with Gasteiger partial charge in [0.15, 0.2) is 0 Å². The number of ether oxygens (including phenoxy) is 1. The first kappa shape index (κ1) is 6.62. The molecule has 0 aromatic heterocycles. The van der Waals surface area contributed by atoms with Crippen LogP contribution in [0.15, 0.2) is 12.3 Å². The number of hydrogen-bond acceptors (Lipinski definition) is 2. The van der Waals surface area contributed by atoms with Crippen LogP contribution in [0.5, 0.6) is 0 Å². The van der Waals surface area contributed by atoms with Gasteiger partial charge in [0.2, 0.25) is 5.24 Å². The SMILES string of the molecule is CC1OC=CC1C(=O)Cl. The number of halogens is 1. The third-order valence-corrected chi connectivity index (χ3v) is 1.60. The average molecular weight is 147 g/mol. The molecule has 9 heavy (non-hydrogen) atoms. The zero-order chi connectivity index (χ0) is 6.85. The van der Waals surface area contributed by atoms with E-state index in [0.29, 0.717) is 0 Å². The summed E-state index contributed by atoms with van der Waals surface area (Å²) >= 11 is 5.21. The molecule has 0 bridgehead atoms. The van der Waals surface area contributed by atoms with Gasteiger partial charge in [0.05, 0.1) is 12.2 Å². The predicted octanol–water partition coefficient (Wildman–Crippen LogP) is 1.30. The summed E-state index contributed by atoms with van der Waals surface area (Å²) < 4.78 is 4.94. The molecular formula is C6H7ClO2. The second-order valence-electron chi connectivity index (χ2n) is 2.00. The van der Waals surface area contributed by atoms with Crippen LogP contribution in [-0.4, -0.2) is 11.3 Å². The number of carbonyl (C=O) groups is 1. The van der Waals surface area contributed by atoms with E-state index in [2.05, 4.69) is 0 Å². The van der Waals surface area contributed by atoms with E-state index in [9.17, 15) is 4.79 Å².